The number of aromatic nitrogens is 1. The maximum atomic E-state index is 12.6. The molecule has 3 N–H and O–H groups in total. The van der Waals surface area contributed by atoms with E-state index in [0.29, 0.717) is 21.4 Å². The molecule has 30 heavy (non-hydrogen) atoms. The topological polar surface area (TPSA) is 83.1 Å². The molecule has 0 radical (unpaired) electrons. The number of anilines is 3. The Morgan fingerprint density at radius 3 is 2.20 bits per heavy atom. The highest BCUT2D eigenvalue weighted by Crippen LogP contribution is 2.24. The van der Waals surface area contributed by atoms with Gasteiger partial charge in [0.25, 0.3) is 5.91 Å². The summed E-state index contributed by atoms with van der Waals surface area (Å²) in [5.74, 6) is -0.238. The number of carbonyl (C=O) groups is 2. The van der Waals surface area contributed by atoms with E-state index in [1.54, 1.807) is 6.92 Å². The van der Waals surface area contributed by atoms with E-state index in [0.717, 1.165) is 41.9 Å². The second-order valence-corrected chi connectivity index (χ2v) is 8.13. The van der Waals surface area contributed by atoms with Gasteiger partial charge < -0.3 is 10.6 Å². The van der Waals surface area contributed by atoms with Gasteiger partial charge in [0.1, 0.15) is 4.88 Å². The molecule has 0 fully saturated rings. The molecule has 1 aromatic heterocycles. The average molecular weight is 423 g/mol. The van der Waals surface area contributed by atoms with Gasteiger partial charge in [0.2, 0.25) is 0 Å². The number of amides is 3. The number of carbonyl (C=O) groups excluding carboxylic acids is 2. The summed E-state index contributed by atoms with van der Waals surface area (Å²) in [6, 6.07) is 15.0. The zero-order valence-electron chi connectivity index (χ0n) is 17.4. The fourth-order valence-corrected chi connectivity index (χ4v) is 3.74. The van der Waals surface area contributed by atoms with E-state index in [1.165, 1.54) is 5.56 Å². The SMILES string of the molecule is CCCCc1ccc(NC(=O)c2sc(NC(=O)Nc3ccc(C)cc3)nc2C)cc1. The van der Waals surface area contributed by atoms with Crippen LogP contribution in [0.3, 0.4) is 0 Å². The first-order valence-electron chi connectivity index (χ1n) is 9.97. The van der Waals surface area contributed by atoms with Crippen LogP contribution < -0.4 is 16.0 Å². The number of benzene rings is 2. The molecule has 3 amide bonds. The van der Waals surface area contributed by atoms with Crippen LogP contribution in [0.25, 0.3) is 0 Å². The van der Waals surface area contributed by atoms with Crippen LogP contribution in [0.4, 0.5) is 21.3 Å². The average Bonchev–Trinajstić information content (AvgIpc) is 3.09. The Bertz CT molecular complexity index is 1010. The van der Waals surface area contributed by atoms with Crippen molar-refractivity contribution < 1.29 is 9.59 Å². The van der Waals surface area contributed by atoms with Crippen molar-refractivity contribution in [1.29, 1.82) is 0 Å². The van der Waals surface area contributed by atoms with Crippen molar-refractivity contribution in [3.05, 3.63) is 70.2 Å². The molecule has 3 aromatic rings. The number of rotatable bonds is 7. The van der Waals surface area contributed by atoms with Gasteiger partial charge in [0.05, 0.1) is 5.69 Å². The maximum Gasteiger partial charge on any atom is 0.325 e. The first kappa shape index (κ1) is 21.5. The molecule has 3 rings (SSSR count). The summed E-state index contributed by atoms with van der Waals surface area (Å²) >= 11 is 1.15. The van der Waals surface area contributed by atoms with Crippen molar-refractivity contribution in [3.63, 3.8) is 0 Å². The lowest BCUT2D eigenvalue weighted by atomic mass is 10.1. The molecule has 0 saturated carbocycles. The maximum absolute atomic E-state index is 12.6. The molecule has 0 bridgehead atoms. The summed E-state index contributed by atoms with van der Waals surface area (Å²) in [7, 11) is 0. The summed E-state index contributed by atoms with van der Waals surface area (Å²) in [6.07, 6.45) is 3.35. The van der Waals surface area contributed by atoms with Gasteiger partial charge in [-0.05, 0) is 56.5 Å². The molecule has 6 nitrogen and oxygen atoms in total. The number of hydrogen-bond acceptors (Lipinski definition) is 4. The van der Waals surface area contributed by atoms with Crippen molar-refractivity contribution in [2.45, 2.75) is 40.0 Å². The van der Waals surface area contributed by atoms with Crippen LogP contribution in [0.5, 0.6) is 0 Å². The zero-order valence-corrected chi connectivity index (χ0v) is 18.2. The molecule has 0 spiro atoms. The van der Waals surface area contributed by atoms with E-state index in [9.17, 15) is 9.59 Å². The summed E-state index contributed by atoms with van der Waals surface area (Å²) in [6.45, 7) is 5.90. The third-order valence-electron chi connectivity index (χ3n) is 4.56. The molecule has 0 aliphatic rings. The van der Waals surface area contributed by atoms with Gasteiger partial charge >= 0.3 is 6.03 Å². The minimum absolute atomic E-state index is 0.238. The summed E-state index contributed by atoms with van der Waals surface area (Å²) in [5.41, 5.74) is 4.37. The fourth-order valence-electron chi connectivity index (χ4n) is 2.88. The van der Waals surface area contributed by atoms with Crippen molar-refractivity contribution in [2.24, 2.45) is 0 Å². The normalized spacial score (nSPS) is 10.5. The number of nitrogens with one attached hydrogen (secondary N) is 3. The number of nitrogens with zero attached hydrogens (tertiary/aromatic N) is 1. The van der Waals surface area contributed by atoms with E-state index in [4.69, 9.17) is 0 Å². The summed E-state index contributed by atoms with van der Waals surface area (Å²) < 4.78 is 0. The Kier molecular flexibility index (Phi) is 7.19. The Morgan fingerprint density at radius 1 is 0.900 bits per heavy atom. The van der Waals surface area contributed by atoms with Gasteiger partial charge in [0, 0.05) is 11.4 Å². The molecule has 0 atom stereocenters. The third kappa shape index (κ3) is 5.90. The van der Waals surface area contributed by atoms with E-state index in [2.05, 4.69) is 27.9 Å². The van der Waals surface area contributed by atoms with E-state index in [1.807, 2.05) is 55.5 Å². The lowest BCUT2D eigenvalue weighted by Gasteiger charge is -2.06. The monoisotopic (exact) mass is 422 g/mol. The predicted molar refractivity (Wildman–Crippen MR) is 124 cm³/mol. The third-order valence-corrected chi connectivity index (χ3v) is 5.64. The van der Waals surface area contributed by atoms with Crippen LogP contribution >= 0.6 is 11.3 Å². The van der Waals surface area contributed by atoms with Crippen LogP contribution in [-0.4, -0.2) is 16.9 Å². The highest BCUT2D eigenvalue weighted by Gasteiger charge is 2.17. The standard InChI is InChI=1S/C23H26N4O2S/c1-4-5-6-17-9-13-18(14-10-17)25-21(28)20-16(3)24-23(30-20)27-22(29)26-19-11-7-15(2)8-12-19/h7-14H,4-6H2,1-3H3,(H,25,28)(H2,24,26,27,29). The summed E-state index contributed by atoms with van der Waals surface area (Å²) in [5, 5.41) is 8.71. The minimum atomic E-state index is -0.401. The quantitative estimate of drug-likeness (QED) is 0.437. The smallest absolute Gasteiger partial charge is 0.321 e. The Hall–Kier alpha value is -3.19. The number of thiazole rings is 1. The second-order valence-electron chi connectivity index (χ2n) is 7.13. The van der Waals surface area contributed by atoms with Gasteiger partial charge in [0.15, 0.2) is 5.13 Å². The molecule has 0 unspecified atom stereocenters. The van der Waals surface area contributed by atoms with Crippen molar-refractivity contribution in [3.8, 4) is 0 Å². The molecule has 7 heteroatoms. The van der Waals surface area contributed by atoms with Crippen molar-refractivity contribution in [1.82, 2.24) is 4.98 Å². The molecule has 0 saturated heterocycles. The Balaban J connectivity index is 1.59. The minimum Gasteiger partial charge on any atom is -0.321 e. The van der Waals surface area contributed by atoms with Crippen LogP contribution in [-0.2, 0) is 6.42 Å². The highest BCUT2D eigenvalue weighted by atomic mass is 32.1. The molecule has 156 valence electrons. The highest BCUT2D eigenvalue weighted by molar-refractivity contribution is 7.17. The largest absolute Gasteiger partial charge is 0.325 e. The zero-order chi connectivity index (χ0) is 21.5. The molecule has 2 aromatic carbocycles. The van der Waals surface area contributed by atoms with Gasteiger partial charge in [-0.25, -0.2) is 9.78 Å². The molecular formula is C23H26N4O2S. The van der Waals surface area contributed by atoms with E-state index < -0.39 is 6.03 Å². The molecular weight excluding hydrogens is 396 g/mol. The molecule has 0 aliphatic carbocycles. The first-order chi connectivity index (χ1) is 14.4. The number of hydrogen-bond donors (Lipinski definition) is 3. The van der Waals surface area contributed by atoms with Crippen LogP contribution in [0.15, 0.2) is 48.5 Å². The predicted octanol–water partition coefficient (Wildman–Crippen LogP) is 6.00. The van der Waals surface area contributed by atoms with Gasteiger partial charge in [-0.3, -0.25) is 10.1 Å². The number of aryl methyl sites for hydroxylation is 3. The molecule has 0 aliphatic heterocycles. The molecule has 1 heterocycles. The van der Waals surface area contributed by atoms with E-state index in [-0.39, 0.29) is 5.91 Å². The lowest BCUT2D eigenvalue weighted by Crippen LogP contribution is -2.19. The fraction of sp³-hybridized carbons (Fsp3) is 0.261. The van der Waals surface area contributed by atoms with Gasteiger partial charge in [-0.1, -0.05) is 54.5 Å². The van der Waals surface area contributed by atoms with Crippen molar-refractivity contribution >= 4 is 39.8 Å². The first-order valence-corrected chi connectivity index (χ1v) is 10.8. The van der Waals surface area contributed by atoms with Crippen molar-refractivity contribution in [2.75, 3.05) is 16.0 Å². The Labute approximate surface area is 180 Å². The lowest BCUT2D eigenvalue weighted by molar-refractivity contribution is 0.103. The second kappa shape index (κ2) is 10.0. The van der Waals surface area contributed by atoms with Crippen LogP contribution in [0.1, 0.15) is 46.3 Å². The van der Waals surface area contributed by atoms with E-state index >= 15 is 0 Å². The van der Waals surface area contributed by atoms with Crippen LogP contribution in [0, 0.1) is 13.8 Å². The Morgan fingerprint density at radius 2 is 1.53 bits per heavy atom. The number of unbranched alkanes of at least 4 members (excludes halogenated alkanes) is 1. The summed E-state index contributed by atoms with van der Waals surface area (Å²) in [4.78, 5) is 29.6. The van der Waals surface area contributed by atoms with Gasteiger partial charge in [-0.15, -0.1) is 0 Å². The van der Waals surface area contributed by atoms with Gasteiger partial charge in [-0.2, -0.15) is 0 Å². The number of urea groups is 1. The van der Waals surface area contributed by atoms with Crippen LogP contribution in [0.2, 0.25) is 0 Å².